The number of imidazole rings is 1. The molecule has 5 heterocycles. The Morgan fingerprint density at radius 2 is 1.92 bits per heavy atom. The third kappa shape index (κ3) is 4.18. The van der Waals surface area contributed by atoms with Crippen LogP contribution >= 0.6 is 0 Å². The predicted molar refractivity (Wildman–Crippen MR) is 139 cm³/mol. The van der Waals surface area contributed by atoms with Crippen molar-refractivity contribution in [2.45, 2.75) is 13.8 Å². The van der Waals surface area contributed by atoms with Gasteiger partial charge in [-0.15, -0.1) is 0 Å². The van der Waals surface area contributed by atoms with Crippen molar-refractivity contribution in [3.05, 3.63) is 73.1 Å². The van der Waals surface area contributed by atoms with E-state index in [-0.39, 0.29) is 17.6 Å². The van der Waals surface area contributed by atoms with E-state index < -0.39 is 0 Å². The van der Waals surface area contributed by atoms with Crippen LogP contribution < -0.4 is 5.32 Å². The number of H-pyrrole nitrogens is 2. The zero-order valence-electron chi connectivity index (χ0n) is 20.0. The van der Waals surface area contributed by atoms with Gasteiger partial charge in [-0.05, 0) is 35.9 Å². The summed E-state index contributed by atoms with van der Waals surface area (Å²) >= 11 is 0. The lowest BCUT2D eigenvalue weighted by atomic mass is 10.1. The molecule has 5 aromatic heterocycles. The van der Waals surface area contributed by atoms with Crippen molar-refractivity contribution in [2.75, 3.05) is 5.32 Å². The highest BCUT2D eigenvalue weighted by Crippen LogP contribution is 2.32. The second-order valence-corrected chi connectivity index (χ2v) is 8.95. The molecule has 0 saturated heterocycles. The van der Waals surface area contributed by atoms with Gasteiger partial charge in [0.05, 0.1) is 34.8 Å². The van der Waals surface area contributed by atoms with E-state index in [4.69, 9.17) is 0 Å². The summed E-state index contributed by atoms with van der Waals surface area (Å²) in [6, 6.07) is 11.9. The molecule has 1 amide bonds. The van der Waals surface area contributed by atoms with Gasteiger partial charge in [0, 0.05) is 34.8 Å². The molecule has 1 aromatic carbocycles. The van der Waals surface area contributed by atoms with E-state index in [2.05, 4.69) is 40.4 Å². The average molecular weight is 493 g/mol. The third-order valence-corrected chi connectivity index (χ3v) is 6.03. The largest absolute Gasteiger partial charge is 0.335 e. The fourth-order valence-corrected chi connectivity index (χ4v) is 4.11. The van der Waals surface area contributed by atoms with Crippen molar-refractivity contribution in [3.63, 3.8) is 0 Å². The van der Waals surface area contributed by atoms with Crippen molar-refractivity contribution in [3.8, 4) is 33.9 Å². The average Bonchev–Trinajstić information content (AvgIpc) is 3.52. The Morgan fingerprint density at radius 3 is 2.76 bits per heavy atom. The number of aromatic nitrogens is 7. The highest BCUT2D eigenvalue weighted by atomic mass is 19.1. The fraction of sp³-hybridized carbons (Fsp3) is 0.111. The van der Waals surface area contributed by atoms with Gasteiger partial charge in [-0.2, -0.15) is 5.10 Å². The highest BCUT2D eigenvalue weighted by molar-refractivity contribution is 5.97. The molecule has 0 aliphatic rings. The number of amides is 1. The second-order valence-electron chi connectivity index (χ2n) is 8.95. The van der Waals surface area contributed by atoms with E-state index in [1.54, 1.807) is 30.9 Å². The minimum absolute atomic E-state index is 0.0874. The maximum Gasteiger partial charge on any atom is 0.226 e. The van der Waals surface area contributed by atoms with Crippen molar-refractivity contribution in [1.82, 2.24) is 35.1 Å². The van der Waals surface area contributed by atoms with E-state index in [9.17, 15) is 9.18 Å². The number of rotatable bonds is 5. The molecule has 0 bridgehead atoms. The van der Waals surface area contributed by atoms with E-state index >= 15 is 0 Å². The number of benzene rings is 1. The first-order chi connectivity index (χ1) is 18.0. The molecule has 3 N–H and O–H groups in total. The van der Waals surface area contributed by atoms with Crippen LogP contribution in [0, 0.1) is 11.7 Å². The lowest BCUT2D eigenvalue weighted by Crippen LogP contribution is -2.17. The van der Waals surface area contributed by atoms with Crippen LogP contribution in [0.15, 0.2) is 67.3 Å². The van der Waals surface area contributed by atoms with Crippen LogP contribution in [-0.2, 0) is 4.79 Å². The SMILES string of the molecule is CC(C)C(=O)Nc1cncc(-c2cc3c(-c4nc5nccc(-c6cccc(F)c6)c5[nH]4)n[nH]c3cn2)c1. The number of aromatic amines is 2. The number of carbonyl (C=O) groups excluding carboxylic acids is 1. The van der Waals surface area contributed by atoms with E-state index in [0.717, 1.165) is 27.6 Å². The summed E-state index contributed by atoms with van der Waals surface area (Å²) in [4.78, 5) is 33.3. The van der Waals surface area contributed by atoms with Crippen molar-refractivity contribution in [2.24, 2.45) is 5.92 Å². The molecule has 9 nitrogen and oxygen atoms in total. The number of anilines is 1. The van der Waals surface area contributed by atoms with Crippen LogP contribution in [0.2, 0.25) is 0 Å². The number of hydrogen-bond donors (Lipinski definition) is 3. The van der Waals surface area contributed by atoms with Gasteiger partial charge in [0.1, 0.15) is 11.5 Å². The molecule has 37 heavy (non-hydrogen) atoms. The number of carbonyl (C=O) groups is 1. The van der Waals surface area contributed by atoms with E-state index in [1.165, 1.54) is 12.1 Å². The summed E-state index contributed by atoms with van der Waals surface area (Å²) in [6.07, 6.45) is 6.63. The number of pyridine rings is 3. The van der Waals surface area contributed by atoms with Crippen LogP contribution in [0.5, 0.6) is 0 Å². The van der Waals surface area contributed by atoms with E-state index in [1.807, 2.05) is 38.1 Å². The molecule has 0 radical (unpaired) electrons. The summed E-state index contributed by atoms with van der Waals surface area (Å²) < 4.78 is 13.9. The lowest BCUT2D eigenvalue weighted by molar-refractivity contribution is -0.118. The first kappa shape index (κ1) is 22.5. The molecule has 6 rings (SSSR count). The number of halogens is 1. The molecule has 0 spiro atoms. The van der Waals surface area contributed by atoms with Gasteiger partial charge in [-0.3, -0.25) is 19.9 Å². The van der Waals surface area contributed by atoms with Crippen LogP contribution in [0.25, 0.3) is 56.0 Å². The third-order valence-electron chi connectivity index (χ3n) is 6.03. The monoisotopic (exact) mass is 492 g/mol. The Hall–Kier alpha value is -4.99. The van der Waals surface area contributed by atoms with Gasteiger partial charge in [0.25, 0.3) is 0 Å². The summed E-state index contributed by atoms with van der Waals surface area (Å²) in [5.41, 5.74) is 6.03. The quantitative estimate of drug-likeness (QED) is 0.298. The maximum atomic E-state index is 13.9. The minimum Gasteiger partial charge on any atom is -0.335 e. The van der Waals surface area contributed by atoms with Crippen LogP contribution in [0.1, 0.15) is 13.8 Å². The maximum absolute atomic E-state index is 13.9. The normalized spacial score (nSPS) is 11.5. The first-order valence-electron chi connectivity index (χ1n) is 11.7. The Bertz CT molecular complexity index is 1790. The molecular formula is C27H21FN8O. The molecule has 10 heteroatoms. The summed E-state index contributed by atoms with van der Waals surface area (Å²) in [7, 11) is 0. The Labute approximate surface area is 210 Å². The van der Waals surface area contributed by atoms with Crippen molar-refractivity contribution in [1.29, 1.82) is 0 Å². The predicted octanol–water partition coefficient (Wildman–Crippen LogP) is 5.36. The smallest absolute Gasteiger partial charge is 0.226 e. The molecule has 0 unspecified atom stereocenters. The standard InChI is InChI=1S/C27H21FN8O/c1-14(2)27(37)32-18-9-16(11-29-12-18)21-10-20-22(13-31-21)35-36-24(20)26-33-23-19(6-7-30-25(23)34-26)15-4-3-5-17(28)8-15/h3-14H,1-2H3,(H,32,37)(H,35,36)(H,30,33,34). The van der Waals surface area contributed by atoms with E-state index in [0.29, 0.717) is 34.1 Å². The van der Waals surface area contributed by atoms with Crippen molar-refractivity contribution >= 4 is 33.7 Å². The molecule has 0 atom stereocenters. The zero-order chi connectivity index (χ0) is 25.5. The minimum atomic E-state index is -0.317. The molecular weight excluding hydrogens is 471 g/mol. The Kier molecular flexibility index (Phi) is 5.41. The molecule has 0 saturated carbocycles. The fourth-order valence-electron chi connectivity index (χ4n) is 4.11. The number of hydrogen-bond acceptors (Lipinski definition) is 6. The summed E-state index contributed by atoms with van der Waals surface area (Å²) in [6.45, 7) is 3.66. The Balaban J connectivity index is 1.41. The van der Waals surface area contributed by atoms with Gasteiger partial charge in [0.2, 0.25) is 5.91 Å². The van der Waals surface area contributed by atoms with Gasteiger partial charge < -0.3 is 10.3 Å². The topological polar surface area (TPSA) is 125 Å². The summed E-state index contributed by atoms with van der Waals surface area (Å²) in [5, 5.41) is 11.1. The van der Waals surface area contributed by atoms with Gasteiger partial charge in [-0.1, -0.05) is 26.0 Å². The van der Waals surface area contributed by atoms with Gasteiger partial charge in [-0.25, -0.2) is 14.4 Å². The van der Waals surface area contributed by atoms with Crippen molar-refractivity contribution < 1.29 is 9.18 Å². The van der Waals surface area contributed by atoms with Crippen LogP contribution in [0.3, 0.4) is 0 Å². The zero-order valence-corrected chi connectivity index (χ0v) is 20.0. The second kappa shape index (κ2) is 8.90. The first-order valence-corrected chi connectivity index (χ1v) is 11.7. The van der Waals surface area contributed by atoms with Crippen LogP contribution in [0.4, 0.5) is 10.1 Å². The van der Waals surface area contributed by atoms with Gasteiger partial charge >= 0.3 is 0 Å². The summed E-state index contributed by atoms with van der Waals surface area (Å²) in [5.74, 6) is -0.0318. The molecule has 0 aliphatic heterocycles. The Morgan fingerprint density at radius 1 is 1.03 bits per heavy atom. The number of nitrogens with one attached hydrogen (secondary N) is 3. The lowest BCUT2D eigenvalue weighted by Gasteiger charge is -2.08. The highest BCUT2D eigenvalue weighted by Gasteiger charge is 2.17. The number of nitrogens with zero attached hydrogens (tertiary/aromatic N) is 5. The molecule has 182 valence electrons. The number of fused-ring (bicyclic) bond motifs is 2. The molecule has 6 aromatic rings. The molecule has 0 fully saturated rings. The molecule has 0 aliphatic carbocycles. The van der Waals surface area contributed by atoms with Crippen LogP contribution in [-0.4, -0.2) is 41.0 Å². The van der Waals surface area contributed by atoms with Gasteiger partial charge in [0.15, 0.2) is 11.5 Å².